The highest BCUT2D eigenvalue weighted by Crippen LogP contribution is 2.34. The summed E-state index contributed by atoms with van der Waals surface area (Å²) in [4.78, 5) is 12.9. The van der Waals surface area contributed by atoms with Crippen molar-refractivity contribution < 1.29 is 53.6 Å². The highest BCUT2D eigenvalue weighted by Gasteiger charge is 2.54. The van der Waals surface area contributed by atoms with Crippen molar-refractivity contribution in [3.05, 3.63) is 0 Å². The fourth-order valence-electron chi connectivity index (χ4n) is 6.50. The second-order valence-electron chi connectivity index (χ2n) is 12.8. The molecule has 0 aromatic rings. The van der Waals surface area contributed by atoms with Crippen LogP contribution in [0.2, 0.25) is 0 Å². The van der Waals surface area contributed by atoms with E-state index in [0.29, 0.717) is 25.7 Å². The number of β-amino-alcohol motifs (C(OH)–C–C–N with tert-alkyl or cyclic N) is 1. The van der Waals surface area contributed by atoms with Crippen molar-refractivity contribution in [1.29, 1.82) is 0 Å². The van der Waals surface area contributed by atoms with Crippen LogP contribution in [0.3, 0.4) is 0 Å². The molecule has 4 heterocycles. The molecule has 0 unspecified atom stereocenters. The van der Waals surface area contributed by atoms with Crippen LogP contribution in [0.5, 0.6) is 0 Å². The van der Waals surface area contributed by atoms with Crippen LogP contribution in [-0.2, 0) is 33.2 Å². The van der Waals surface area contributed by atoms with Crippen molar-refractivity contribution in [3.63, 3.8) is 0 Å². The molecule has 1 aliphatic carbocycles. The van der Waals surface area contributed by atoms with E-state index in [1.54, 1.807) is 0 Å². The molecule has 0 bridgehead atoms. The molecular formula is C27H51N7O11. The van der Waals surface area contributed by atoms with Gasteiger partial charge in [-0.2, -0.15) is 0 Å². The van der Waals surface area contributed by atoms with Crippen molar-refractivity contribution in [2.45, 2.75) is 130 Å². The first-order chi connectivity index (χ1) is 21.5. The lowest BCUT2D eigenvalue weighted by Crippen LogP contribution is -2.71. The zero-order valence-electron chi connectivity index (χ0n) is 25.3. The van der Waals surface area contributed by atoms with Crippen LogP contribution < -0.4 is 39.3 Å². The predicted molar refractivity (Wildman–Crippen MR) is 155 cm³/mol. The largest absolute Gasteiger partial charge is 0.394 e. The molecule has 0 aromatic carbocycles. The van der Waals surface area contributed by atoms with E-state index in [1.807, 2.05) is 0 Å². The van der Waals surface area contributed by atoms with Gasteiger partial charge in [0.1, 0.15) is 36.6 Å². The first-order valence-corrected chi connectivity index (χ1v) is 15.8. The molecular weight excluding hydrogens is 598 g/mol. The third kappa shape index (κ3) is 7.62. The van der Waals surface area contributed by atoms with Gasteiger partial charge in [-0.15, -0.1) is 0 Å². The molecule has 0 aromatic heterocycles. The fraction of sp³-hybridized carbons (Fsp3) is 0.963. The smallest absolute Gasteiger partial charge is 0.254 e. The molecule has 5 fully saturated rings. The summed E-state index contributed by atoms with van der Waals surface area (Å²) in [5.41, 5.74) is 29.0. The number of amides is 1. The summed E-state index contributed by atoms with van der Waals surface area (Å²) in [5.74, 6) is -0.676. The van der Waals surface area contributed by atoms with Gasteiger partial charge in [-0.3, -0.25) is 4.79 Å². The van der Waals surface area contributed by atoms with E-state index in [9.17, 15) is 25.2 Å². The van der Waals surface area contributed by atoms with Crippen molar-refractivity contribution in [1.82, 2.24) is 10.6 Å². The number of hydrogen-bond donors (Lipinski definition) is 11. The lowest BCUT2D eigenvalue weighted by molar-refractivity contribution is -0.288. The monoisotopic (exact) mass is 649 g/mol. The quantitative estimate of drug-likeness (QED) is 0.0991. The maximum absolute atomic E-state index is 12.9. The lowest BCUT2D eigenvalue weighted by Gasteiger charge is -2.47. The average molecular weight is 650 g/mol. The molecule has 0 spiro atoms. The summed E-state index contributed by atoms with van der Waals surface area (Å²) >= 11 is 0. The summed E-state index contributed by atoms with van der Waals surface area (Å²) in [6.45, 7) is 0.103. The van der Waals surface area contributed by atoms with E-state index in [4.69, 9.17) is 57.1 Å². The zero-order valence-corrected chi connectivity index (χ0v) is 25.3. The van der Waals surface area contributed by atoms with Gasteiger partial charge in [0.2, 0.25) is 0 Å². The van der Waals surface area contributed by atoms with Crippen LogP contribution in [0.4, 0.5) is 0 Å². The van der Waals surface area contributed by atoms with Crippen molar-refractivity contribution in [3.8, 4) is 0 Å². The Morgan fingerprint density at radius 2 is 1.36 bits per heavy atom. The number of aliphatic hydroxyl groups excluding tert-OH is 3. The summed E-state index contributed by atoms with van der Waals surface area (Å²) in [6, 6.07) is -2.80. The second-order valence-corrected chi connectivity index (χ2v) is 12.8. The standard InChI is InChI=1S/C27H51N7O11/c28-6-11-1-3-13(30)23(40-11)43-20-15(32)5-16(34-26(38)27(39)9-33-10-27)18(36)22(20)45-25-19(37)21(17(8-35)42-25)44-24-14(31)4-2-12(7-29)41-24/h11-25,33,35-37,39H,1-10,28-32H2,(H,34,38)/t11-,12+,13+,14+,15-,16+,17+,18-,19+,20+,21+,22+,23+,24+,25-/m0/s1. The molecule has 16 N–H and O–H groups in total. The highest BCUT2D eigenvalue weighted by molar-refractivity contribution is 5.87. The van der Waals surface area contributed by atoms with Gasteiger partial charge in [-0.25, -0.2) is 0 Å². The third-order valence-electron chi connectivity index (χ3n) is 9.46. The number of carbonyl (C=O) groups excluding carboxylic acids is 1. The van der Waals surface area contributed by atoms with Crippen LogP contribution in [0.15, 0.2) is 0 Å². The Bertz CT molecular complexity index is 985. The Morgan fingerprint density at radius 1 is 0.800 bits per heavy atom. The fourth-order valence-corrected chi connectivity index (χ4v) is 6.50. The molecule has 4 aliphatic heterocycles. The van der Waals surface area contributed by atoms with Crippen molar-refractivity contribution in [2.75, 3.05) is 32.8 Å². The Hall–Kier alpha value is -1.17. The van der Waals surface area contributed by atoms with Crippen molar-refractivity contribution in [2.24, 2.45) is 28.7 Å². The minimum absolute atomic E-state index is 0.0571. The molecule has 5 rings (SSSR count). The highest BCUT2D eigenvalue weighted by atomic mass is 16.8. The van der Waals surface area contributed by atoms with Gasteiger partial charge in [0.05, 0.1) is 36.9 Å². The molecule has 1 amide bonds. The lowest BCUT2D eigenvalue weighted by atomic mass is 9.83. The van der Waals surface area contributed by atoms with E-state index >= 15 is 0 Å². The SMILES string of the molecule is NC[C@@H]1CC[C@@H](N)[C@@H](O[C@H]2[C@H](O[C@@H]3O[C@H](CO)[C@@H](O[C@H]4O[C@@H](CN)CC[C@H]4N)[C@H]3O)[C@@H](O)[C@H](NC(=O)C3(O)CNC3)C[C@@H]2N)O1. The number of nitrogens with one attached hydrogen (secondary N) is 2. The van der Waals surface area contributed by atoms with E-state index in [0.717, 1.165) is 0 Å². The number of nitrogens with two attached hydrogens (primary N) is 5. The molecule has 18 heteroatoms. The Kier molecular flexibility index (Phi) is 11.7. The first-order valence-electron chi connectivity index (χ1n) is 15.8. The minimum atomic E-state index is -1.62. The molecule has 1 saturated carbocycles. The summed E-state index contributed by atoms with van der Waals surface area (Å²) in [5, 5.41) is 49.0. The number of carbonyl (C=O) groups is 1. The van der Waals surface area contributed by atoms with Crippen LogP contribution in [0.1, 0.15) is 32.1 Å². The number of ether oxygens (including phenoxy) is 6. The maximum atomic E-state index is 12.9. The molecule has 5 aliphatic rings. The molecule has 260 valence electrons. The van der Waals surface area contributed by atoms with Crippen LogP contribution in [-0.4, -0.2) is 157 Å². The second kappa shape index (κ2) is 14.9. The minimum Gasteiger partial charge on any atom is -0.394 e. The zero-order chi connectivity index (χ0) is 32.5. The number of rotatable bonds is 11. The Labute approximate surface area is 261 Å². The Balaban J connectivity index is 1.34. The van der Waals surface area contributed by atoms with Gasteiger partial charge in [-0.05, 0) is 32.1 Å². The van der Waals surface area contributed by atoms with Gasteiger partial charge < -0.3 is 88.1 Å². The molecule has 18 nitrogen and oxygen atoms in total. The third-order valence-corrected chi connectivity index (χ3v) is 9.46. The van der Waals surface area contributed by atoms with Gasteiger partial charge in [0, 0.05) is 32.2 Å². The van der Waals surface area contributed by atoms with Gasteiger partial charge in [-0.1, -0.05) is 0 Å². The maximum Gasteiger partial charge on any atom is 0.254 e. The average Bonchev–Trinajstić information content (AvgIpc) is 3.31. The molecule has 4 saturated heterocycles. The topological polar surface area (TPSA) is 308 Å². The summed E-state index contributed by atoms with van der Waals surface area (Å²) in [6.07, 6.45) is -8.72. The molecule has 45 heavy (non-hydrogen) atoms. The first kappa shape index (κ1) is 35.1. The van der Waals surface area contributed by atoms with Gasteiger partial charge in [0.15, 0.2) is 24.5 Å². The van der Waals surface area contributed by atoms with E-state index in [2.05, 4.69) is 10.6 Å². The van der Waals surface area contributed by atoms with Crippen LogP contribution in [0, 0.1) is 0 Å². The molecule has 0 radical (unpaired) electrons. The number of aliphatic hydroxyl groups is 4. The summed E-state index contributed by atoms with van der Waals surface area (Å²) < 4.78 is 36.1. The van der Waals surface area contributed by atoms with E-state index in [-0.39, 0.29) is 44.8 Å². The predicted octanol–water partition coefficient (Wildman–Crippen LogP) is -6.29. The van der Waals surface area contributed by atoms with E-state index in [1.165, 1.54) is 0 Å². The molecule has 15 atom stereocenters. The van der Waals surface area contributed by atoms with Gasteiger partial charge in [0.25, 0.3) is 5.91 Å². The van der Waals surface area contributed by atoms with Crippen LogP contribution >= 0.6 is 0 Å². The van der Waals surface area contributed by atoms with E-state index < -0.39 is 97.8 Å². The van der Waals surface area contributed by atoms with Gasteiger partial charge >= 0.3 is 0 Å². The summed E-state index contributed by atoms with van der Waals surface area (Å²) in [7, 11) is 0. The van der Waals surface area contributed by atoms with Crippen LogP contribution in [0.25, 0.3) is 0 Å². The van der Waals surface area contributed by atoms with Crippen molar-refractivity contribution >= 4 is 5.91 Å². The normalized spacial score (nSPS) is 46.8. The number of hydrogen-bond acceptors (Lipinski definition) is 17. The Morgan fingerprint density at radius 3 is 1.87 bits per heavy atom.